The number of nitriles is 1. The molecule has 0 atom stereocenters. The summed E-state index contributed by atoms with van der Waals surface area (Å²) in [5.74, 6) is 1.17. The summed E-state index contributed by atoms with van der Waals surface area (Å²) in [5, 5.41) is 9.12. The molecule has 0 aliphatic rings. The minimum Gasteiger partial charge on any atom is -0.493 e. The van der Waals surface area contributed by atoms with Crippen LogP contribution in [-0.4, -0.2) is 31.6 Å². The second kappa shape index (κ2) is 9.28. The van der Waals surface area contributed by atoms with Crippen molar-refractivity contribution in [1.82, 2.24) is 4.90 Å². The second-order valence-electron chi connectivity index (χ2n) is 5.57. The Morgan fingerprint density at radius 3 is 2.54 bits per heavy atom. The van der Waals surface area contributed by atoms with Gasteiger partial charge in [-0.2, -0.15) is 5.26 Å². The predicted molar refractivity (Wildman–Crippen MR) is 101 cm³/mol. The highest BCUT2D eigenvalue weighted by molar-refractivity contribution is 5.92. The van der Waals surface area contributed by atoms with Gasteiger partial charge >= 0.3 is 0 Å². The third kappa shape index (κ3) is 4.64. The number of carbonyl (C=O) groups is 1. The maximum atomic E-state index is 12.5. The summed E-state index contributed by atoms with van der Waals surface area (Å²) in [6.45, 7) is 2.95. The van der Waals surface area contributed by atoms with Crippen LogP contribution in [0.25, 0.3) is 6.08 Å². The molecule has 2 aromatic carbocycles. The maximum absolute atomic E-state index is 12.5. The van der Waals surface area contributed by atoms with Crippen LogP contribution in [0.5, 0.6) is 11.5 Å². The minimum absolute atomic E-state index is 0.116. The van der Waals surface area contributed by atoms with Gasteiger partial charge in [0.25, 0.3) is 0 Å². The Kier molecular flexibility index (Phi) is 6.81. The van der Waals surface area contributed by atoms with Crippen molar-refractivity contribution in [3.8, 4) is 17.6 Å². The van der Waals surface area contributed by atoms with Gasteiger partial charge in [-0.1, -0.05) is 24.3 Å². The lowest BCUT2D eigenvalue weighted by Crippen LogP contribution is -2.28. The van der Waals surface area contributed by atoms with Crippen molar-refractivity contribution >= 4 is 12.0 Å². The van der Waals surface area contributed by atoms with E-state index in [0.29, 0.717) is 30.2 Å². The molecule has 5 heteroatoms. The van der Waals surface area contributed by atoms with Gasteiger partial charge in [-0.05, 0) is 42.3 Å². The van der Waals surface area contributed by atoms with Crippen LogP contribution in [-0.2, 0) is 11.3 Å². The summed E-state index contributed by atoms with van der Waals surface area (Å²) in [6, 6.07) is 14.9. The van der Waals surface area contributed by atoms with Crippen LogP contribution in [0.4, 0.5) is 0 Å². The quantitative estimate of drug-likeness (QED) is 0.715. The summed E-state index contributed by atoms with van der Waals surface area (Å²) in [5.41, 5.74) is 2.22. The Bertz CT molecular complexity index is 837. The lowest BCUT2D eigenvalue weighted by molar-refractivity contribution is -0.126. The Morgan fingerprint density at radius 2 is 1.88 bits per heavy atom. The number of nitrogens with zero attached hydrogens (tertiary/aromatic N) is 2. The molecule has 26 heavy (non-hydrogen) atoms. The topological polar surface area (TPSA) is 62.6 Å². The van der Waals surface area contributed by atoms with Gasteiger partial charge in [0, 0.05) is 19.2 Å². The van der Waals surface area contributed by atoms with Gasteiger partial charge in [0.2, 0.25) is 5.91 Å². The third-order valence-electron chi connectivity index (χ3n) is 4.00. The van der Waals surface area contributed by atoms with Crippen LogP contribution in [0.1, 0.15) is 23.6 Å². The number of hydrogen-bond acceptors (Lipinski definition) is 4. The number of amides is 1. The fourth-order valence-electron chi connectivity index (χ4n) is 2.56. The third-order valence-corrected chi connectivity index (χ3v) is 4.00. The molecular weight excluding hydrogens is 328 g/mol. The smallest absolute Gasteiger partial charge is 0.246 e. The fourth-order valence-corrected chi connectivity index (χ4v) is 2.56. The summed E-state index contributed by atoms with van der Waals surface area (Å²) >= 11 is 0. The molecule has 5 nitrogen and oxygen atoms in total. The molecule has 2 aromatic rings. The van der Waals surface area contributed by atoms with Crippen molar-refractivity contribution in [1.29, 1.82) is 5.26 Å². The van der Waals surface area contributed by atoms with E-state index >= 15 is 0 Å². The Hall–Kier alpha value is -3.26. The minimum atomic E-state index is -0.116. The van der Waals surface area contributed by atoms with Gasteiger partial charge < -0.3 is 14.4 Å². The van der Waals surface area contributed by atoms with E-state index in [-0.39, 0.29) is 5.91 Å². The van der Waals surface area contributed by atoms with Crippen molar-refractivity contribution in [2.45, 2.75) is 13.5 Å². The number of rotatable bonds is 7. The van der Waals surface area contributed by atoms with Crippen LogP contribution in [0.2, 0.25) is 0 Å². The number of benzene rings is 2. The van der Waals surface area contributed by atoms with Gasteiger partial charge in [0.15, 0.2) is 11.5 Å². The van der Waals surface area contributed by atoms with Crippen molar-refractivity contribution in [2.75, 3.05) is 20.8 Å². The van der Waals surface area contributed by atoms with E-state index in [1.165, 1.54) is 6.08 Å². The van der Waals surface area contributed by atoms with Crippen molar-refractivity contribution in [2.24, 2.45) is 0 Å². The molecule has 0 fully saturated rings. The summed E-state index contributed by atoms with van der Waals surface area (Å²) in [6.07, 6.45) is 3.18. The molecular formula is C21H22N2O3. The van der Waals surface area contributed by atoms with Crippen molar-refractivity contribution < 1.29 is 14.3 Å². The summed E-state index contributed by atoms with van der Waals surface area (Å²) < 4.78 is 10.5. The lowest BCUT2D eigenvalue weighted by Gasteiger charge is -2.20. The Labute approximate surface area is 154 Å². The zero-order chi connectivity index (χ0) is 18.9. The molecule has 0 saturated heterocycles. The van der Waals surface area contributed by atoms with E-state index in [9.17, 15) is 4.79 Å². The highest BCUT2D eigenvalue weighted by atomic mass is 16.5. The molecule has 0 N–H and O–H groups in total. The number of ether oxygens (including phenoxy) is 2. The Balaban J connectivity index is 2.14. The lowest BCUT2D eigenvalue weighted by atomic mass is 10.1. The van der Waals surface area contributed by atoms with E-state index in [2.05, 4.69) is 6.07 Å². The predicted octanol–water partition coefficient (Wildman–Crippen LogP) is 3.64. The number of hydrogen-bond donors (Lipinski definition) is 0. The van der Waals surface area contributed by atoms with E-state index in [0.717, 1.165) is 11.1 Å². The summed E-state index contributed by atoms with van der Waals surface area (Å²) in [7, 11) is 3.17. The van der Waals surface area contributed by atoms with E-state index < -0.39 is 0 Å². The zero-order valence-electron chi connectivity index (χ0n) is 15.2. The summed E-state index contributed by atoms with van der Waals surface area (Å²) in [4.78, 5) is 14.2. The van der Waals surface area contributed by atoms with Crippen LogP contribution in [0.15, 0.2) is 48.5 Å². The van der Waals surface area contributed by atoms with Crippen LogP contribution in [0, 0.1) is 11.3 Å². The van der Waals surface area contributed by atoms with E-state index in [1.807, 2.05) is 37.3 Å². The number of methoxy groups -OCH3 is 2. The van der Waals surface area contributed by atoms with Crippen molar-refractivity contribution in [3.63, 3.8) is 0 Å². The van der Waals surface area contributed by atoms with Crippen LogP contribution < -0.4 is 9.47 Å². The SMILES string of the molecule is CCN(Cc1ccc(OC)c(OC)c1)C(=O)/C=C/c1ccccc1C#N. The second-order valence-corrected chi connectivity index (χ2v) is 5.57. The van der Waals surface area contributed by atoms with E-state index in [4.69, 9.17) is 14.7 Å². The normalized spacial score (nSPS) is 10.4. The first-order chi connectivity index (χ1) is 12.6. The molecule has 1 amide bonds. The highest BCUT2D eigenvalue weighted by Crippen LogP contribution is 2.28. The molecule has 0 aromatic heterocycles. The average Bonchev–Trinajstić information content (AvgIpc) is 2.70. The van der Waals surface area contributed by atoms with Gasteiger partial charge in [-0.15, -0.1) is 0 Å². The standard InChI is InChI=1S/C21H22N2O3/c1-4-23(15-16-9-11-19(25-2)20(13-16)26-3)21(24)12-10-17-7-5-6-8-18(17)14-22/h5-13H,4,15H2,1-3H3/b12-10+. The average molecular weight is 350 g/mol. The fraction of sp³-hybridized carbons (Fsp3) is 0.238. The Morgan fingerprint density at radius 1 is 1.15 bits per heavy atom. The molecule has 0 spiro atoms. The molecule has 0 unspecified atom stereocenters. The molecule has 0 heterocycles. The molecule has 0 radical (unpaired) electrons. The number of carbonyl (C=O) groups excluding carboxylic acids is 1. The van der Waals surface area contributed by atoms with Gasteiger partial charge in [-0.3, -0.25) is 4.79 Å². The van der Waals surface area contributed by atoms with Crippen LogP contribution in [0.3, 0.4) is 0 Å². The highest BCUT2D eigenvalue weighted by Gasteiger charge is 2.12. The first-order valence-electron chi connectivity index (χ1n) is 8.30. The molecule has 0 aliphatic carbocycles. The molecule has 2 rings (SSSR count). The van der Waals surface area contributed by atoms with Gasteiger partial charge in [0.05, 0.1) is 25.9 Å². The monoisotopic (exact) mass is 350 g/mol. The zero-order valence-corrected chi connectivity index (χ0v) is 15.2. The molecule has 0 aliphatic heterocycles. The van der Waals surface area contributed by atoms with Crippen LogP contribution >= 0.6 is 0 Å². The number of likely N-dealkylation sites (N-methyl/N-ethyl adjacent to an activating group) is 1. The van der Waals surface area contributed by atoms with E-state index in [1.54, 1.807) is 37.3 Å². The van der Waals surface area contributed by atoms with Gasteiger partial charge in [-0.25, -0.2) is 0 Å². The van der Waals surface area contributed by atoms with Crippen molar-refractivity contribution in [3.05, 3.63) is 65.2 Å². The van der Waals surface area contributed by atoms with Gasteiger partial charge in [0.1, 0.15) is 0 Å². The molecule has 0 saturated carbocycles. The first kappa shape index (κ1) is 19.1. The first-order valence-corrected chi connectivity index (χ1v) is 8.30. The molecule has 0 bridgehead atoms. The largest absolute Gasteiger partial charge is 0.493 e. The maximum Gasteiger partial charge on any atom is 0.246 e. The molecule has 134 valence electrons.